The Labute approximate surface area is 98.9 Å². The molecule has 0 saturated heterocycles. The van der Waals surface area contributed by atoms with Crippen LogP contribution in [0.3, 0.4) is 0 Å². The quantitative estimate of drug-likeness (QED) is 0.881. The average Bonchev–Trinajstić information content (AvgIpc) is 2.29. The molecule has 0 aliphatic rings. The maximum atomic E-state index is 11.4. The average molecular weight is 231 g/mol. The molecule has 4 heteroatoms. The molecule has 0 bridgehead atoms. The third kappa shape index (κ3) is 1.99. The van der Waals surface area contributed by atoms with Gasteiger partial charge < -0.3 is 9.84 Å². The number of aromatic carboxylic acids is 1. The molecule has 0 amide bonds. The van der Waals surface area contributed by atoms with Gasteiger partial charge in [-0.25, -0.2) is 4.79 Å². The fourth-order valence-corrected chi connectivity index (χ4v) is 1.94. The van der Waals surface area contributed by atoms with Gasteiger partial charge in [0, 0.05) is 23.8 Å². The van der Waals surface area contributed by atoms with Crippen LogP contribution in [0.2, 0.25) is 0 Å². The van der Waals surface area contributed by atoms with Gasteiger partial charge in [-0.2, -0.15) is 0 Å². The van der Waals surface area contributed by atoms with Gasteiger partial charge in [0.25, 0.3) is 0 Å². The maximum absolute atomic E-state index is 11.4. The number of nitrogens with zero attached hydrogens (tertiary/aromatic N) is 1. The summed E-state index contributed by atoms with van der Waals surface area (Å²) in [5.41, 5.74) is 2.32. The Morgan fingerprint density at radius 2 is 2.12 bits per heavy atom. The molecule has 0 spiro atoms. The second-order valence-corrected chi connectivity index (χ2v) is 3.81. The molecular weight excluding hydrogens is 218 g/mol. The molecule has 0 atom stereocenters. The summed E-state index contributed by atoms with van der Waals surface area (Å²) in [5, 5.41) is 9.98. The zero-order chi connectivity index (χ0) is 12.4. The Kier molecular flexibility index (Phi) is 3.06. The molecule has 88 valence electrons. The smallest absolute Gasteiger partial charge is 0.336 e. The second-order valence-electron chi connectivity index (χ2n) is 3.81. The predicted molar refractivity (Wildman–Crippen MR) is 64.2 cm³/mol. The number of fused-ring (bicyclic) bond motifs is 1. The van der Waals surface area contributed by atoms with Crippen LogP contribution in [0.25, 0.3) is 10.9 Å². The summed E-state index contributed by atoms with van der Waals surface area (Å²) in [7, 11) is 1.54. The number of carbonyl (C=O) groups is 1. The van der Waals surface area contributed by atoms with Gasteiger partial charge >= 0.3 is 5.97 Å². The van der Waals surface area contributed by atoms with Crippen LogP contribution < -0.4 is 0 Å². The summed E-state index contributed by atoms with van der Waals surface area (Å²) < 4.78 is 5.05. The number of aromatic nitrogens is 1. The summed E-state index contributed by atoms with van der Waals surface area (Å²) in [5.74, 6) is -0.946. The minimum absolute atomic E-state index is 0.255. The van der Waals surface area contributed by atoms with Gasteiger partial charge in [0.2, 0.25) is 0 Å². The first-order valence-corrected chi connectivity index (χ1v) is 5.25. The van der Waals surface area contributed by atoms with E-state index in [9.17, 15) is 9.90 Å². The summed E-state index contributed by atoms with van der Waals surface area (Å²) >= 11 is 0. The SMILES string of the molecule is COCc1c(C)nc2ccccc2c1C(=O)O. The van der Waals surface area contributed by atoms with Crippen LogP contribution in [0.4, 0.5) is 0 Å². The summed E-state index contributed by atoms with van der Waals surface area (Å²) in [6, 6.07) is 7.23. The van der Waals surface area contributed by atoms with Crippen molar-refractivity contribution in [2.24, 2.45) is 0 Å². The van der Waals surface area contributed by atoms with E-state index >= 15 is 0 Å². The maximum Gasteiger partial charge on any atom is 0.336 e. The molecule has 2 aromatic rings. The molecule has 0 unspecified atom stereocenters. The van der Waals surface area contributed by atoms with Crippen molar-refractivity contribution < 1.29 is 14.6 Å². The van der Waals surface area contributed by atoms with Crippen LogP contribution in [-0.4, -0.2) is 23.2 Å². The van der Waals surface area contributed by atoms with E-state index in [1.54, 1.807) is 20.1 Å². The molecule has 0 aliphatic carbocycles. The molecule has 0 fully saturated rings. The van der Waals surface area contributed by atoms with E-state index < -0.39 is 5.97 Å². The molecule has 4 nitrogen and oxygen atoms in total. The third-order valence-corrected chi connectivity index (χ3v) is 2.70. The molecule has 1 heterocycles. The van der Waals surface area contributed by atoms with E-state index in [4.69, 9.17) is 4.74 Å². The van der Waals surface area contributed by atoms with Crippen molar-refractivity contribution >= 4 is 16.9 Å². The lowest BCUT2D eigenvalue weighted by molar-refractivity contribution is 0.0694. The molecule has 1 aromatic carbocycles. The van der Waals surface area contributed by atoms with Crippen molar-refractivity contribution in [3.63, 3.8) is 0 Å². The van der Waals surface area contributed by atoms with Gasteiger partial charge in [0.05, 0.1) is 17.7 Å². The zero-order valence-electron chi connectivity index (χ0n) is 9.73. The van der Waals surface area contributed by atoms with E-state index in [-0.39, 0.29) is 12.2 Å². The van der Waals surface area contributed by atoms with Gasteiger partial charge in [0.15, 0.2) is 0 Å². The number of carboxylic acid groups (broad SMARTS) is 1. The number of aryl methyl sites for hydroxylation is 1. The highest BCUT2D eigenvalue weighted by molar-refractivity contribution is 6.04. The van der Waals surface area contributed by atoms with Crippen LogP contribution in [-0.2, 0) is 11.3 Å². The van der Waals surface area contributed by atoms with E-state index in [1.165, 1.54) is 0 Å². The Hall–Kier alpha value is -1.94. The summed E-state index contributed by atoms with van der Waals surface area (Å²) in [6.45, 7) is 2.05. The van der Waals surface area contributed by atoms with Crippen LogP contribution in [0, 0.1) is 6.92 Å². The number of pyridine rings is 1. The monoisotopic (exact) mass is 231 g/mol. The van der Waals surface area contributed by atoms with Crippen molar-refractivity contribution in [1.82, 2.24) is 4.98 Å². The minimum atomic E-state index is -0.946. The highest BCUT2D eigenvalue weighted by Crippen LogP contribution is 2.23. The van der Waals surface area contributed by atoms with E-state index in [1.807, 2.05) is 18.2 Å². The van der Waals surface area contributed by atoms with Crippen molar-refractivity contribution in [2.45, 2.75) is 13.5 Å². The normalized spacial score (nSPS) is 10.7. The number of ether oxygens (including phenoxy) is 1. The van der Waals surface area contributed by atoms with Crippen LogP contribution in [0.1, 0.15) is 21.6 Å². The molecule has 2 rings (SSSR count). The van der Waals surface area contributed by atoms with Crippen molar-refractivity contribution in [1.29, 1.82) is 0 Å². The van der Waals surface area contributed by atoms with Gasteiger partial charge in [0.1, 0.15) is 0 Å². The zero-order valence-corrected chi connectivity index (χ0v) is 9.73. The third-order valence-electron chi connectivity index (χ3n) is 2.70. The fraction of sp³-hybridized carbons (Fsp3) is 0.231. The number of benzene rings is 1. The first-order valence-electron chi connectivity index (χ1n) is 5.25. The second kappa shape index (κ2) is 4.51. The molecule has 17 heavy (non-hydrogen) atoms. The van der Waals surface area contributed by atoms with Crippen LogP contribution in [0.15, 0.2) is 24.3 Å². The predicted octanol–water partition coefficient (Wildman–Crippen LogP) is 2.39. The first kappa shape index (κ1) is 11.5. The Bertz CT molecular complexity index is 578. The van der Waals surface area contributed by atoms with Crippen molar-refractivity contribution in [3.05, 3.63) is 41.1 Å². The number of para-hydroxylation sites is 1. The molecule has 1 N–H and O–H groups in total. The minimum Gasteiger partial charge on any atom is -0.478 e. The van der Waals surface area contributed by atoms with Gasteiger partial charge in [-0.15, -0.1) is 0 Å². The summed E-state index contributed by atoms with van der Waals surface area (Å²) in [4.78, 5) is 15.8. The Morgan fingerprint density at radius 3 is 2.76 bits per heavy atom. The number of hydrogen-bond donors (Lipinski definition) is 1. The van der Waals surface area contributed by atoms with Crippen LogP contribution >= 0.6 is 0 Å². The van der Waals surface area contributed by atoms with Gasteiger partial charge in [-0.3, -0.25) is 4.98 Å². The number of methoxy groups -OCH3 is 1. The first-order chi connectivity index (χ1) is 8.15. The largest absolute Gasteiger partial charge is 0.478 e. The lowest BCUT2D eigenvalue weighted by atomic mass is 10.0. The lowest BCUT2D eigenvalue weighted by Gasteiger charge is -2.11. The molecule has 0 aliphatic heterocycles. The highest BCUT2D eigenvalue weighted by Gasteiger charge is 2.17. The summed E-state index contributed by atoms with van der Waals surface area (Å²) in [6.07, 6.45) is 0. The topological polar surface area (TPSA) is 59.4 Å². The number of hydrogen-bond acceptors (Lipinski definition) is 3. The highest BCUT2D eigenvalue weighted by atomic mass is 16.5. The van der Waals surface area contributed by atoms with E-state index in [0.29, 0.717) is 22.2 Å². The number of carboxylic acids is 1. The van der Waals surface area contributed by atoms with Crippen molar-refractivity contribution in [3.8, 4) is 0 Å². The van der Waals surface area contributed by atoms with Crippen LogP contribution in [0.5, 0.6) is 0 Å². The van der Waals surface area contributed by atoms with Gasteiger partial charge in [-0.05, 0) is 13.0 Å². The lowest BCUT2D eigenvalue weighted by Crippen LogP contribution is -2.08. The van der Waals surface area contributed by atoms with E-state index in [0.717, 1.165) is 0 Å². The molecule has 0 saturated carbocycles. The van der Waals surface area contributed by atoms with Crippen molar-refractivity contribution in [2.75, 3.05) is 7.11 Å². The Balaban J connectivity index is 2.83. The fourth-order valence-electron chi connectivity index (χ4n) is 1.94. The molecule has 0 radical (unpaired) electrons. The number of rotatable bonds is 3. The molecular formula is C13H13NO3. The van der Waals surface area contributed by atoms with Gasteiger partial charge in [-0.1, -0.05) is 18.2 Å². The molecule has 1 aromatic heterocycles. The van der Waals surface area contributed by atoms with E-state index in [2.05, 4.69) is 4.98 Å². The Morgan fingerprint density at radius 1 is 1.41 bits per heavy atom. The standard InChI is InChI=1S/C13H13NO3/c1-8-10(7-17-2)12(13(15)16)9-5-3-4-6-11(9)14-8/h3-6H,7H2,1-2H3,(H,15,16).